The van der Waals surface area contributed by atoms with Crippen LogP contribution >= 0.6 is 0 Å². The zero-order valence-electron chi connectivity index (χ0n) is 13.5. The first-order chi connectivity index (χ1) is 11.2. The summed E-state index contributed by atoms with van der Waals surface area (Å²) in [6, 6.07) is 7.20. The standard InChI is InChI=1S/C17H23N3O3/c1-3-9-18-16(21)15(20-17(22)23-4-2)10-12-11-19-14-8-6-5-7-13(12)14/h5-8,11,15,19H,3-4,9-10H2,1-2H3,(H,18,21)(H,20,22)/t15-/m1/s1. The Morgan fingerprint density at radius 3 is 2.78 bits per heavy atom. The van der Waals surface area contributed by atoms with Crippen molar-refractivity contribution in [2.75, 3.05) is 13.2 Å². The molecule has 6 heteroatoms. The number of hydrogen-bond donors (Lipinski definition) is 3. The van der Waals surface area contributed by atoms with Crippen LogP contribution in [0, 0.1) is 0 Å². The van der Waals surface area contributed by atoms with E-state index in [-0.39, 0.29) is 12.5 Å². The number of carbonyl (C=O) groups excluding carboxylic acids is 2. The Kier molecular flexibility index (Phi) is 6.02. The zero-order chi connectivity index (χ0) is 16.7. The highest BCUT2D eigenvalue weighted by Crippen LogP contribution is 2.19. The van der Waals surface area contributed by atoms with Gasteiger partial charge in [0.1, 0.15) is 6.04 Å². The topological polar surface area (TPSA) is 83.2 Å². The molecule has 1 aromatic heterocycles. The Bertz CT molecular complexity index is 666. The van der Waals surface area contributed by atoms with Gasteiger partial charge in [0.05, 0.1) is 6.61 Å². The minimum atomic E-state index is -0.667. The van der Waals surface area contributed by atoms with Crippen LogP contribution in [0.4, 0.5) is 4.79 Å². The average molecular weight is 317 g/mol. The SMILES string of the molecule is CCCNC(=O)[C@@H](Cc1c[nH]c2ccccc12)NC(=O)OCC. The summed E-state index contributed by atoms with van der Waals surface area (Å²) in [5.41, 5.74) is 1.99. The van der Waals surface area contributed by atoms with Crippen LogP contribution in [0.15, 0.2) is 30.5 Å². The summed E-state index contributed by atoms with van der Waals surface area (Å²) in [5.74, 6) is -0.204. The molecular formula is C17H23N3O3. The fourth-order valence-electron chi connectivity index (χ4n) is 2.42. The quantitative estimate of drug-likeness (QED) is 0.733. The molecule has 1 atom stereocenters. The second-order valence-corrected chi connectivity index (χ2v) is 5.27. The number of ether oxygens (including phenoxy) is 1. The predicted molar refractivity (Wildman–Crippen MR) is 89.2 cm³/mol. The molecule has 2 rings (SSSR count). The number of alkyl carbamates (subject to hydrolysis) is 1. The second kappa shape index (κ2) is 8.22. The first kappa shape index (κ1) is 16.9. The lowest BCUT2D eigenvalue weighted by atomic mass is 10.0. The van der Waals surface area contributed by atoms with Crippen LogP contribution in [0.3, 0.4) is 0 Å². The minimum absolute atomic E-state index is 0.204. The van der Waals surface area contributed by atoms with Gasteiger partial charge in [-0.1, -0.05) is 25.1 Å². The molecule has 0 aliphatic heterocycles. The Labute approximate surface area is 135 Å². The third kappa shape index (κ3) is 4.48. The molecule has 23 heavy (non-hydrogen) atoms. The normalized spacial score (nSPS) is 11.9. The third-order valence-corrected chi connectivity index (χ3v) is 3.53. The number of fused-ring (bicyclic) bond motifs is 1. The number of amides is 2. The van der Waals surface area contributed by atoms with Gasteiger partial charge in [-0.25, -0.2) is 4.79 Å². The summed E-state index contributed by atoms with van der Waals surface area (Å²) >= 11 is 0. The Morgan fingerprint density at radius 2 is 2.04 bits per heavy atom. The Morgan fingerprint density at radius 1 is 1.26 bits per heavy atom. The van der Waals surface area contributed by atoms with E-state index in [2.05, 4.69) is 15.6 Å². The van der Waals surface area contributed by atoms with Crippen LogP contribution in [0.5, 0.6) is 0 Å². The van der Waals surface area contributed by atoms with Crippen molar-refractivity contribution in [1.29, 1.82) is 0 Å². The number of H-pyrrole nitrogens is 1. The Hall–Kier alpha value is -2.50. The number of hydrogen-bond acceptors (Lipinski definition) is 3. The zero-order valence-corrected chi connectivity index (χ0v) is 13.5. The van der Waals surface area contributed by atoms with E-state index < -0.39 is 12.1 Å². The summed E-state index contributed by atoms with van der Waals surface area (Å²) in [5, 5.41) is 6.51. The molecule has 124 valence electrons. The summed E-state index contributed by atoms with van der Waals surface area (Å²) in [4.78, 5) is 27.2. The van der Waals surface area contributed by atoms with Crippen molar-refractivity contribution in [1.82, 2.24) is 15.6 Å². The van der Waals surface area contributed by atoms with E-state index in [0.29, 0.717) is 13.0 Å². The Balaban J connectivity index is 2.15. The van der Waals surface area contributed by atoms with Gasteiger partial charge in [0.2, 0.25) is 5.91 Å². The van der Waals surface area contributed by atoms with E-state index in [1.807, 2.05) is 37.4 Å². The van der Waals surface area contributed by atoms with Crippen LogP contribution in [0.2, 0.25) is 0 Å². The fraction of sp³-hybridized carbons (Fsp3) is 0.412. The maximum Gasteiger partial charge on any atom is 0.407 e. The van der Waals surface area contributed by atoms with Gasteiger partial charge in [-0.3, -0.25) is 4.79 Å². The largest absolute Gasteiger partial charge is 0.450 e. The number of aromatic nitrogens is 1. The van der Waals surface area contributed by atoms with Crippen LogP contribution < -0.4 is 10.6 Å². The van der Waals surface area contributed by atoms with E-state index in [1.165, 1.54) is 0 Å². The predicted octanol–water partition coefficient (Wildman–Crippen LogP) is 2.35. The third-order valence-electron chi connectivity index (χ3n) is 3.53. The number of nitrogens with one attached hydrogen (secondary N) is 3. The molecule has 0 radical (unpaired) electrons. The van der Waals surface area contributed by atoms with Crippen molar-refractivity contribution in [3.8, 4) is 0 Å². The van der Waals surface area contributed by atoms with Crippen molar-refractivity contribution < 1.29 is 14.3 Å². The van der Waals surface area contributed by atoms with Crippen molar-refractivity contribution >= 4 is 22.9 Å². The van der Waals surface area contributed by atoms with Crippen molar-refractivity contribution in [2.45, 2.75) is 32.7 Å². The lowest BCUT2D eigenvalue weighted by Gasteiger charge is -2.17. The van der Waals surface area contributed by atoms with Crippen molar-refractivity contribution in [2.24, 2.45) is 0 Å². The van der Waals surface area contributed by atoms with E-state index in [4.69, 9.17) is 4.74 Å². The molecule has 0 aliphatic rings. The summed E-state index contributed by atoms with van der Waals surface area (Å²) in [6.45, 7) is 4.55. The summed E-state index contributed by atoms with van der Waals surface area (Å²) in [7, 11) is 0. The smallest absolute Gasteiger partial charge is 0.407 e. The molecule has 0 bridgehead atoms. The van der Waals surface area contributed by atoms with Gasteiger partial charge < -0.3 is 20.4 Å². The van der Waals surface area contributed by atoms with Crippen LogP contribution in [-0.4, -0.2) is 36.2 Å². The average Bonchev–Trinajstić information content (AvgIpc) is 2.95. The molecule has 2 amide bonds. The fourth-order valence-corrected chi connectivity index (χ4v) is 2.42. The number of para-hydroxylation sites is 1. The second-order valence-electron chi connectivity index (χ2n) is 5.27. The lowest BCUT2D eigenvalue weighted by Crippen LogP contribution is -2.48. The summed E-state index contributed by atoms with van der Waals surface area (Å²) in [6.07, 6.45) is 2.53. The van der Waals surface area contributed by atoms with Gasteiger partial charge in [0, 0.05) is 30.1 Å². The molecule has 3 N–H and O–H groups in total. The van der Waals surface area contributed by atoms with Crippen molar-refractivity contribution in [3.63, 3.8) is 0 Å². The van der Waals surface area contributed by atoms with Crippen LogP contribution in [0.25, 0.3) is 10.9 Å². The molecule has 0 fully saturated rings. The number of aromatic amines is 1. The molecule has 0 saturated heterocycles. The molecule has 0 saturated carbocycles. The molecule has 0 unspecified atom stereocenters. The molecule has 0 aliphatic carbocycles. The number of carbonyl (C=O) groups is 2. The van der Waals surface area contributed by atoms with E-state index >= 15 is 0 Å². The molecule has 1 heterocycles. The summed E-state index contributed by atoms with van der Waals surface area (Å²) < 4.78 is 4.90. The van der Waals surface area contributed by atoms with Crippen LogP contribution in [-0.2, 0) is 16.0 Å². The lowest BCUT2D eigenvalue weighted by molar-refractivity contribution is -0.123. The highest BCUT2D eigenvalue weighted by atomic mass is 16.5. The minimum Gasteiger partial charge on any atom is -0.450 e. The molecule has 6 nitrogen and oxygen atoms in total. The van der Waals surface area contributed by atoms with Gasteiger partial charge in [-0.2, -0.15) is 0 Å². The molecular weight excluding hydrogens is 294 g/mol. The molecule has 0 spiro atoms. The molecule has 2 aromatic rings. The first-order valence-electron chi connectivity index (χ1n) is 7.91. The number of rotatable bonds is 7. The van der Waals surface area contributed by atoms with Gasteiger partial charge in [0.25, 0.3) is 0 Å². The van der Waals surface area contributed by atoms with E-state index in [9.17, 15) is 9.59 Å². The van der Waals surface area contributed by atoms with Gasteiger partial charge >= 0.3 is 6.09 Å². The van der Waals surface area contributed by atoms with Gasteiger partial charge in [-0.05, 0) is 25.0 Å². The maximum atomic E-state index is 12.3. The highest BCUT2D eigenvalue weighted by Gasteiger charge is 2.22. The van der Waals surface area contributed by atoms with E-state index in [0.717, 1.165) is 22.9 Å². The monoisotopic (exact) mass is 317 g/mol. The highest BCUT2D eigenvalue weighted by molar-refractivity contribution is 5.88. The van der Waals surface area contributed by atoms with Gasteiger partial charge in [0.15, 0.2) is 0 Å². The van der Waals surface area contributed by atoms with Gasteiger partial charge in [-0.15, -0.1) is 0 Å². The maximum absolute atomic E-state index is 12.3. The van der Waals surface area contributed by atoms with Crippen molar-refractivity contribution in [3.05, 3.63) is 36.0 Å². The van der Waals surface area contributed by atoms with Crippen LogP contribution in [0.1, 0.15) is 25.8 Å². The van der Waals surface area contributed by atoms with E-state index in [1.54, 1.807) is 6.92 Å². The first-order valence-corrected chi connectivity index (χ1v) is 7.91. The molecule has 1 aromatic carbocycles. The number of benzene rings is 1.